The Hall–Kier alpha value is -3.66. The molecular weight excluding hydrogens is 421 g/mol. The normalized spacial score (nSPS) is 10.5. The largest absolute Gasteiger partial charge is 0.382 e. The van der Waals surface area contributed by atoms with E-state index in [9.17, 15) is 18.8 Å². The van der Waals surface area contributed by atoms with Gasteiger partial charge in [0.15, 0.2) is 11.0 Å². The first-order valence-electron chi connectivity index (χ1n) is 9.19. The molecule has 0 unspecified atom stereocenters. The summed E-state index contributed by atoms with van der Waals surface area (Å²) in [7, 11) is 0. The van der Waals surface area contributed by atoms with Gasteiger partial charge in [0.05, 0.1) is 5.75 Å². The highest BCUT2D eigenvalue weighted by Gasteiger charge is 2.15. The number of aromatic amines is 1. The molecule has 31 heavy (non-hydrogen) atoms. The standard InChI is InChI=1S/C21H20FN5O3S/c1-11-7-12(2)9-15(8-11)24-16(28)10-31-21-26-18(23)17(20(30)27-21)25-19(29)13-3-5-14(22)6-4-13/h3-9H,10H2,1-2H3,(H,24,28)(H,25,29)(H3,23,26,27,30). The predicted octanol–water partition coefficient (Wildman–Crippen LogP) is 3.09. The molecule has 0 aliphatic heterocycles. The Morgan fingerprint density at radius 3 is 2.35 bits per heavy atom. The average Bonchev–Trinajstić information content (AvgIpc) is 2.68. The predicted molar refractivity (Wildman–Crippen MR) is 119 cm³/mol. The molecule has 0 saturated carbocycles. The molecular formula is C21H20FN5O3S. The van der Waals surface area contributed by atoms with Crippen LogP contribution < -0.4 is 21.9 Å². The van der Waals surface area contributed by atoms with Gasteiger partial charge in [-0.25, -0.2) is 9.37 Å². The third kappa shape index (κ3) is 5.92. The first kappa shape index (κ1) is 22.0. The van der Waals surface area contributed by atoms with Crippen LogP contribution >= 0.6 is 11.8 Å². The van der Waals surface area contributed by atoms with Crippen LogP contribution in [-0.4, -0.2) is 27.5 Å². The Balaban J connectivity index is 1.64. The van der Waals surface area contributed by atoms with E-state index in [4.69, 9.17) is 5.73 Å². The van der Waals surface area contributed by atoms with Crippen molar-refractivity contribution in [1.29, 1.82) is 0 Å². The van der Waals surface area contributed by atoms with Crippen molar-refractivity contribution in [1.82, 2.24) is 9.97 Å². The summed E-state index contributed by atoms with van der Waals surface area (Å²) in [4.78, 5) is 43.3. The van der Waals surface area contributed by atoms with Crippen LogP contribution in [-0.2, 0) is 4.79 Å². The van der Waals surface area contributed by atoms with E-state index in [0.717, 1.165) is 35.0 Å². The maximum Gasteiger partial charge on any atom is 0.277 e. The fourth-order valence-electron chi connectivity index (χ4n) is 2.82. The molecule has 0 saturated heterocycles. The highest BCUT2D eigenvalue weighted by atomic mass is 32.2. The molecule has 1 aromatic heterocycles. The second kappa shape index (κ2) is 9.43. The summed E-state index contributed by atoms with van der Waals surface area (Å²) in [6.07, 6.45) is 0. The molecule has 5 N–H and O–H groups in total. The lowest BCUT2D eigenvalue weighted by atomic mass is 10.1. The van der Waals surface area contributed by atoms with Gasteiger partial charge >= 0.3 is 0 Å². The highest BCUT2D eigenvalue weighted by Crippen LogP contribution is 2.19. The molecule has 160 valence electrons. The molecule has 0 spiro atoms. The topological polar surface area (TPSA) is 130 Å². The van der Waals surface area contributed by atoms with Crippen LogP contribution in [0.4, 0.5) is 21.6 Å². The van der Waals surface area contributed by atoms with Crippen LogP contribution in [0.2, 0.25) is 0 Å². The number of rotatable bonds is 6. The van der Waals surface area contributed by atoms with E-state index in [-0.39, 0.29) is 33.9 Å². The van der Waals surface area contributed by atoms with Crippen LogP contribution in [0.25, 0.3) is 0 Å². The van der Waals surface area contributed by atoms with E-state index in [1.807, 2.05) is 32.0 Å². The number of carbonyl (C=O) groups excluding carboxylic acids is 2. The minimum atomic E-state index is -0.667. The smallest absolute Gasteiger partial charge is 0.277 e. The molecule has 10 heteroatoms. The van der Waals surface area contributed by atoms with Gasteiger partial charge in [-0.2, -0.15) is 0 Å². The molecule has 2 aromatic carbocycles. The Kier molecular flexibility index (Phi) is 6.71. The molecule has 0 radical (unpaired) electrons. The van der Waals surface area contributed by atoms with Crippen molar-refractivity contribution in [2.45, 2.75) is 19.0 Å². The van der Waals surface area contributed by atoms with Gasteiger partial charge in [-0.15, -0.1) is 0 Å². The van der Waals surface area contributed by atoms with E-state index < -0.39 is 17.3 Å². The molecule has 0 fully saturated rings. The van der Waals surface area contributed by atoms with Crippen LogP contribution in [0.5, 0.6) is 0 Å². The van der Waals surface area contributed by atoms with Gasteiger partial charge in [-0.05, 0) is 61.4 Å². The summed E-state index contributed by atoms with van der Waals surface area (Å²) in [5.41, 5.74) is 7.82. The van der Waals surface area contributed by atoms with Crippen LogP contribution in [0.3, 0.4) is 0 Å². The van der Waals surface area contributed by atoms with E-state index >= 15 is 0 Å². The first-order valence-corrected chi connectivity index (χ1v) is 10.2. The number of aryl methyl sites for hydroxylation is 2. The third-order valence-corrected chi connectivity index (χ3v) is 4.99. The van der Waals surface area contributed by atoms with E-state index in [1.54, 1.807) is 0 Å². The Bertz CT molecular complexity index is 1170. The molecule has 1 heterocycles. The number of halogens is 1. The second-order valence-corrected chi connectivity index (χ2v) is 7.77. The minimum absolute atomic E-state index is 0.00332. The summed E-state index contributed by atoms with van der Waals surface area (Å²) >= 11 is 0.997. The van der Waals surface area contributed by atoms with Gasteiger partial charge in [0.25, 0.3) is 11.5 Å². The monoisotopic (exact) mass is 441 g/mol. The molecule has 0 aliphatic carbocycles. The number of thioether (sulfide) groups is 1. The molecule has 0 atom stereocenters. The van der Waals surface area contributed by atoms with Crippen molar-refractivity contribution in [2.75, 3.05) is 22.1 Å². The number of nitrogen functional groups attached to an aromatic ring is 1. The first-order chi connectivity index (χ1) is 14.7. The van der Waals surface area contributed by atoms with Gasteiger partial charge in [0.2, 0.25) is 5.91 Å². The van der Waals surface area contributed by atoms with Gasteiger partial charge < -0.3 is 16.4 Å². The Morgan fingerprint density at radius 1 is 1.10 bits per heavy atom. The van der Waals surface area contributed by atoms with Crippen molar-refractivity contribution >= 4 is 40.8 Å². The average molecular weight is 441 g/mol. The molecule has 3 aromatic rings. The number of H-pyrrole nitrogens is 1. The van der Waals surface area contributed by atoms with Crippen molar-refractivity contribution in [2.24, 2.45) is 0 Å². The zero-order chi connectivity index (χ0) is 22.5. The molecule has 8 nitrogen and oxygen atoms in total. The number of hydrogen-bond donors (Lipinski definition) is 4. The van der Waals surface area contributed by atoms with E-state index in [2.05, 4.69) is 20.6 Å². The lowest BCUT2D eigenvalue weighted by Gasteiger charge is -2.09. The number of anilines is 3. The van der Waals surface area contributed by atoms with Gasteiger partial charge in [-0.1, -0.05) is 17.8 Å². The maximum absolute atomic E-state index is 13.0. The third-order valence-electron chi connectivity index (χ3n) is 4.12. The van der Waals surface area contributed by atoms with Gasteiger partial charge in [-0.3, -0.25) is 19.4 Å². The highest BCUT2D eigenvalue weighted by molar-refractivity contribution is 7.99. The van der Waals surface area contributed by atoms with Crippen LogP contribution in [0.1, 0.15) is 21.5 Å². The maximum atomic E-state index is 13.0. The number of benzene rings is 2. The summed E-state index contributed by atoms with van der Waals surface area (Å²) in [5, 5.41) is 5.29. The summed E-state index contributed by atoms with van der Waals surface area (Å²) in [5.74, 6) is -1.59. The summed E-state index contributed by atoms with van der Waals surface area (Å²) < 4.78 is 13.0. The van der Waals surface area contributed by atoms with Crippen molar-refractivity contribution in [3.05, 3.63) is 75.3 Å². The number of amides is 2. The lowest BCUT2D eigenvalue weighted by molar-refractivity contribution is -0.113. The van der Waals surface area contributed by atoms with Crippen LogP contribution in [0, 0.1) is 19.7 Å². The number of hydrogen-bond acceptors (Lipinski definition) is 6. The number of carbonyl (C=O) groups is 2. The number of nitrogens with one attached hydrogen (secondary N) is 3. The fraction of sp³-hybridized carbons (Fsp3) is 0.143. The van der Waals surface area contributed by atoms with E-state index in [0.29, 0.717) is 5.69 Å². The SMILES string of the molecule is Cc1cc(C)cc(NC(=O)CSc2nc(N)c(NC(=O)c3ccc(F)cc3)c(=O)[nH]2)c1. The van der Waals surface area contributed by atoms with Crippen LogP contribution in [0.15, 0.2) is 52.4 Å². The quantitative estimate of drug-likeness (QED) is 0.344. The van der Waals surface area contributed by atoms with Gasteiger partial charge in [0, 0.05) is 11.3 Å². The van der Waals surface area contributed by atoms with Crippen molar-refractivity contribution < 1.29 is 14.0 Å². The zero-order valence-electron chi connectivity index (χ0n) is 16.8. The molecule has 3 rings (SSSR count). The molecule has 0 bridgehead atoms. The minimum Gasteiger partial charge on any atom is -0.382 e. The Morgan fingerprint density at radius 2 is 1.74 bits per heavy atom. The Labute approximate surface area is 181 Å². The number of nitrogens with two attached hydrogens (primary N) is 1. The van der Waals surface area contributed by atoms with Crippen molar-refractivity contribution in [3.63, 3.8) is 0 Å². The summed E-state index contributed by atoms with van der Waals surface area (Å²) in [6.45, 7) is 3.87. The van der Waals surface area contributed by atoms with Gasteiger partial charge in [0.1, 0.15) is 11.5 Å². The lowest BCUT2D eigenvalue weighted by Crippen LogP contribution is -2.23. The molecule has 2 amide bonds. The molecule has 0 aliphatic rings. The van der Waals surface area contributed by atoms with Crippen molar-refractivity contribution in [3.8, 4) is 0 Å². The number of aromatic nitrogens is 2. The fourth-order valence-corrected chi connectivity index (χ4v) is 3.49. The second-order valence-electron chi connectivity index (χ2n) is 6.81. The summed E-state index contributed by atoms with van der Waals surface area (Å²) in [6, 6.07) is 10.5. The number of nitrogens with zero attached hydrogens (tertiary/aromatic N) is 1. The zero-order valence-corrected chi connectivity index (χ0v) is 17.6. The van der Waals surface area contributed by atoms with E-state index in [1.165, 1.54) is 12.1 Å².